The Morgan fingerprint density at radius 3 is 2.38 bits per heavy atom. The van der Waals surface area contributed by atoms with Crippen molar-refractivity contribution < 1.29 is 24.1 Å². The molecule has 0 spiro atoms. The van der Waals surface area contributed by atoms with Gasteiger partial charge in [-0.15, -0.1) is 0 Å². The summed E-state index contributed by atoms with van der Waals surface area (Å²) in [5.41, 5.74) is 0.397. The molecule has 1 aliphatic heterocycles. The first-order valence-electron chi connectivity index (χ1n) is 6.96. The van der Waals surface area contributed by atoms with Gasteiger partial charge in [-0.05, 0) is 30.9 Å². The Hall–Kier alpha value is -1.95. The van der Waals surface area contributed by atoms with Crippen LogP contribution in [0.2, 0.25) is 0 Å². The summed E-state index contributed by atoms with van der Waals surface area (Å²) < 4.78 is 15.4. The summed E-state index contributed by atoms with van der Waals surface area (Å²) in [6.07, 6.45) is 1.92. The van der Waals surface area contributed by atoms with E-state index in [-0.39, 0.29) is 23.2 Å². The fourth-order valence-electron chi connectivity index (χ4n) is 2.31. The van der Waals surface area contributed by atoms with Gasteiger partial charge in [0.05, 0.1) is 14.2 Å². The average Bonchev–Trinajstić information content (AvgIpc) is 2.53. The molecule has 1 aromatic rings. The third kappa shape index (κ3) is 3.78. The number of carbonyl (C=O) groups excluding carboxylic acids is 1. The molecule has 2 rings (SSSR count). The first-order valence-corrected chi connectivity index (χ1v) is 6.96. The van der Waals surface area contributed by atoms with Crippen molar-refractivity contribution in [3.8, 4) is 17.2 Å². The maximum Gasteiger partial charge on any atom is 0.251 e. The molecule has 0 radical (unpaired) electrons. The molecule has 0 atom stereocenters. The van der Waals surface area contributed by atoms with Crippen molar-refractivity contribution in [1.29, 1.82) is 0 Å². The Kier molecular flexibility index (Phi) is 5.27. The molecule has 116 valence electrons. The van der Waals surface area contributed by atoms with E-state index in [1.54, 1.807) is 0 Å². The van der Waals surface area contributed by atoms with Crippen LogP contribution in [0.15, 0.2) is 12.1 Å². The van der Waals surface area contributed by atoms with E-state index < -0.39 is 0 Å². The molecule has 0 saturated carbocycles. The minimum Gasteiger partial charge on any atom is -0.502 e. The molecular weight excluding hydrogens is 274 g/mol. The van der Waals surface area contributed by atoms with Gasteiger partial charge in [0.2, 0.25) is 5.75 Å². The van der Waals surface area contributed by atoms with Crippen molar-refractivity contribution in [2.45, 2.75) is 12.8 Å². The van der Waals surface area contributed by atoms with Gasteiger partial charge in [0, 0.05) is 25.3 Å². The lowest BCUT2D eigenvalue weighted by Crippen LogP contribution is -2.32. The zero-order chi connectivity index (χ0) is 15.2. The van der Waals surface area contributed by atoms with Gasteiger partial charge in [-0.25, -0.2) is 0 Å². The highest BCUT2D eigenvalue weighted by Crippen LogP contribution is 2.37. The summed E-state index contributed by atoms with van der Waals surface area (Å²) in [5, 5.41) is 12.7. The number of carbonyl (C=O) groups is 1. The number of benzene rings is 1. The van der Waals surface area contributed by atoms with Crippen LogP contribution in [0.4, 0.5) is 0 Å². The van der Waals surface area contributed by atoms with E-state index in [2.05, 4.69) is 5.32 Å². The van der Waals surface area contributed by atoms with Gasteiger partial charge >= 0.3 is 0 Å². The van der Waals surface area contributed by atoms with Crippen LogP contribution < -0.4 is 14.8 Å². The molecule has 6 nitrogen and oxygen atoms in total. The highest BCUT2D eigenvalue weighted by Gasteiger charge is 2.18. The van der Waals surface area contributed by atoms with Crippen molar-refractivity contribution in [2.24, 2.45) is 5.92 Å². The number of phenols is 1. The van der Waals surface area contributed by atoms with Gasteiger partial charge in [-0.1, -0.05) is 0 Å². The second-order valence-corrected chi connectivity index (χ2v) is 5.00. The highest BCUT2D eigenvalue weighted by molar-refractivity contribution is 5.95. The lowest BCUT2D eigenvalue weighted by molar-refractivity contribution is 0.0642. The van der Waals surface area contributed by atoms with E-state index in [0.717, 1.165) is 26.1 Å². The molecule has 0 aromatic heterocycles. The van der Waals surface area contributed by atoms with Gasteiger partial charge in [-0.3, -0.25) is 4.79 Å². The number of aromatic hydroxyl groups is 1. The summed E-state index contributed by atoms with van der Waals surface area (Å²) >= 11 is 0. The topological polar surface area (TPSA) is 77.0 Å². The minimum absolute atomic E-state index is 0.110. The fraction of sp³-hybridized carbons (Fsp3) is 0.533. The van der Waals surface area contributed by atoms with Crippen molar-refractivity contribution in [2.75, 3.05) is 34.0 Å². The van der Waals surface area contributed by atoms with Crippen molar-refractivity contribution >= 4 is 5.91 Å². The number of phenolic OH excluding ortho intramolecular Hbond substituents is 1. The van der Waals surface area contributed by atoms with Gasteiger partial charge < -0.3 is 24.6 Å². The standard InChI is InChI=1S/C15H21NO5/c1-19-12-7-11(8-13(20-2)14(12)17)15(18)16-9-10-3-5-21-6-4-10/h7-8,10,17H,3-6,9H2,1-2H3,(H,16,18). The molecule has 0 unspecified atom stereocenters. The summed E-state index contributed by atoms with van der Waals surface area (Å²) in [4.78, 5) is 12.2. The van der Waals surface area contributed by atoms with E-state index in [1.165, 1.54) is 26.4 Å². The molecule has 0 aliphatic carbocycles. The van der Waals surface area contributed by atoms with Crippen LogP contribution in [0.3, 0.4) is 0 Å². The Labute approximate surface area is 124 Å². The maximum absolute atomic E-state index is 12.2. The van der Waals surface area contributed by atoms with Gasteiger partial charge in [0.1, 0.15) is 0 Å². The van der Waals surface area contributed by atoms with Crippen molar-refractivity contribution in [1.82, 2.24) is 5.32 Å². The molecule has 1 amide bonds. The molecule has 1 aromatic carbocycles. The lowest BCUT2D eigenvalue weighted by Gasteiger charge is -2.22. The number of hydrogen-bond donors (Lipinski definition) is 2. The number of rotatable bonds is 5. The molecule has 6 heteroatoms. The monoisotopic (exact) mass is 295 g/mol. The first-order chi connectivity index (χ1) is 10.2. The molecular formula is C15H21NO5. The van der Waals surface area contributed by atoms with Crippen LogP contribution in [0.1, 0.15) is 23.2 Å². The summed E-state index contributed by atoms with van der Waals surface area (Å²) in [6.45, 7) is 2.12. The highest BCUT2D eigenvalue weighted by atomic mass is 16.5. The summed E-state index contributed by atoms with van der Waals surface area (Å²) in [5.74, 6) is 0.554. The van der Waals surface area contributed by atoms with Crippen LogP contribution >= 0.6 is 0 Å². The molecule has 1 aliphatic rings. The Morgan fingerprint density at radius 2 is 1.86 bits per heavy atom. The molecule has 1 heterocycles. The van der Waals surface area contributed by atoms with E-state index in [1.807, 2.05) is 0 Å². The molecule has 0 bridgehead atoms. The van der Waals surface area contributed by atoms with Crippen LogP contribution in [0.25, 0.3) is 0 Å². The average molecular weight is 295 g/mol. The van der Waals surface area contributed by atoms with Gasteiger partial charge in [-0.2, -0.15) is 0 Å². The number of ether oxygens (including phenoxy) is 3. The van der Waals surface area contributed by atoms with Gasteiger partial charge in [0.25, 0.3) is 5.91 Å². The van der Waals surface area contributed by atoms with E-state index >= 15 is 0 Å². The summed E-state index contributed by atoms with van der Waals surface area (Å²) in [7, 11) is 2.86. The quantitative estimate of drug-likeness (QED) is 0.862. The Bertz CT molecular complexity index is 472. The zero-order valence-electron chi connectivity index (χ0n) is 12.3. The smallest absolute Gasteiger partial charge is 0.251 e. The fourth-order valence-corrected chi connectivity index (χ4v) is 2.31. The van der Waals surface area contributed by atoms with Gasteiger partial charge in [0.15, 0.2) is 11.5 Å². The number of hydrogen-bond acceptors (Lipinski definition) is 5. The predicted octanol–water partition coefficient (Wildman–Crippen LogP) is 1.57. The van der Waals surface area contributed by atoms with Crippen molar-refractivity contribution in [3.63, 3.8) is 0 Å². The van der Waals surface area contributed by atoms with Crippen LogP contribution in [-0.4, -0.2) is 45.0 Å². The molecule has 21 heavy (non-hydrogen) atoms. The van der Waals surface area contributed by atoms with E-state index in [9.17, 15) is 9.90 Å². The number of nitrogens with one attached hydrogen (secondary N) is 1. The Morgan fingerprint density at radius 1 is 1.29 bits per heavy atom. The molecule has 1 saturated heterocycles. The number of amides is 1. The van der Waals surface area contributed by atoms with Crippen molar-refractivity contribution in [3.05, 3.63) is 17.7 Å². The lowest BCUT2D eigenvalue weighted by atomic mass is 10.0. The van der Waals surface area contributed by atoms with Crippen LogP contribution in [-0.2, 0) is 4.74 Å². The van der Waals surface area contributed by atoms with Crippen LogP contribution in [0, 0.1) is 5.92 Å². The third-order valence-electron chi connectivity index (χ3n) is 3.63. The SMILES string of the molecule is COc1cc(C(=O)NCC2CCOCC2)cc(OC)c1O. The third-order valence-corrected chi connectivity index (χ3v) is 3.63. The Balaban J connectivity index is 2.04. The zero-order valence-corrected chi connectivity index (χ0v) is 12.3. The van der Waals surface area contributed by atoms with Crippen LogP contribution in [0.5, 0.6) is 17.2 Å². The second kappa shape index (κ2) is 7.17. The number of methoxy groups -OCH3 is 2. The largest absolute Gasteiger partial charge is 0.502 e. The minimum atomic E-state index is -0.210. The normalized spacial score (nSPS) is 15.5. The first kappa shape index (κ1) is 15.4. The van der Waals surface area contributed by atoms with E-state index in [0.29, 0.717) is 18.0 Å². The second-order valence-electron chi connectivity index (χ2n) is 5.00. The maximum atomic E-state index is 12.2. The summed E-state index contributed by atoms with van der Waals surface area (Å²) in [6, 6.07) is 2.99. The molecule has 1 fully saturated rings. The molecule has 2 N–H and O–H groups in total. The van der Waals surface area contributed by atoms with E-state index in [4.69, 9.17) is 14.2 Å². The predicted molar refractivity (Wildman–Crippen MR) is 77.1 cm³/mol.